The van der Waals surface area contributed by atoms with Crippen LogP contribution in [-0.4, -0.2) is 16.5 Å². The average molecular weight is 318 g/mol. The van der Waals surface area contributed by atoms with Gasteiger partial charge >= 0.3 is 0 Å². The minimum atomic E-state index is 0.0526. The summed E-state index contributed by atoms with van der Waals surface area (Å²) in [6, 6.07) is 11.8. The molecule has 4 nitrogen and oxygen atoms in total. The predicted molar refractivity (Wildman–Crippen MR) is 95.4 cm³/mol. The molecule has 0 aliphatic heterocycles. The van der Waals surface area contributed by atoms with Crippen LogP contribution in [-0.2, 0) is 6.42 Å². The molecular formula is C20H18N2O2. The second kappa shape index (κ2) is 5.64. The molecule has 0 amide bonds. The van der Waals surface area contributed by atoms with Crippen LogP contribution in [0.15, 0.2) is 47.4 Å². The van der Waals surface area contributed by atoms with Crippen molar-refractivity contribution in [2.45, 2.75) is 19.8 Å². The third-order valence-electron chi connectivity index (χ3n) is 4.47. The summed E-state index contributed by atoms with van der Waals surface area (Å²) in [5.74, 6) is 0.835. The lowest BCUT2D eigenvalue weighted by atomic mass is 10.1. The van der Waals surface area contributed by atoms with Gasteiger partial charge in [-0.2, -0.15) is 0 Å². The van der Waals surface area contributed by atoms with E-state index in [4.69, 9.17) is 9.72 Å². The molecule has 0 saturated carbocycles. The zero-order chi connectivity index (χ0) is 16.7. The van der Waals surface area contributed by atoms with Crippen molar-refractivity contribution in [2.75, 3.05) is 7.11 Å². The number of allylic oxidation sites excluding steroid dienone is 1. The van der Waals surface area contributed by atoms with E-state index in [-0.39, 0.29) is 5.56 Å². The van der Waals surface area contributed by atoms with E-state index in [2.05, 4.69) is 6.08 Å². The monoisotopic (exact) mass is 318 g/mol. The maximum Gasteiger partial charge on any atom is 0.261 e. The second-order valence-electron chi connectivity index (χ2n) is 6.12. The Bertz CT molecular complexity index is 1010. The molecule has 4 heteroatoms. The zero-order valence-electron chi connectivity index (χ0n) is 13.7. The molecule has 0 radical (unpaired) electrons. The van der Waals surface area contributed by atoms with Gasteiger partial charge in [0.25, 0.3) is 5.56 Å². The summed E-state index contributed by atoms with van der Waals surface area (Å²) in [7, 11) is 1.66. The molecule has 1 aliphatic carbocycles. The van der Waals surface area contributed by atoms with Crippen LogP contribution in [0.5, 0.6) is 5.75 Å². The molecule has 4 rings (SSSR count). The van der Waals surface area contributed by atoms with E-state index >= 15 is 0 Å². The second-order valence-corrected chi connectivity index (χ2v) is 6.12. The van der Waals surface area contributed by atoms with Gasteiger partial charge in [-0.15, -0.1) is 0 Å². The molecule has 24 heavy (non-hydrogen) atoms. The number of aryl methyl sites for hydroxylation is 1. The molecule has 3 aromatic rings. The van der Waals surface area contributed by atoms with Crippen LogP contribution < -0.4 is 10.3 Å². The summed E-state index contributed by atoms with van der Waals surface area (Å²) in [6.45, 7) is 1.98. The highest BCUT2D eigenvalue weighted by Gasteiger charge is 2.22. The minimum absolute atomic E-state index is 0.0526. The SMILES string of the molecule is COc1ccc(C=C2CCc3c2nc2ccc(C)cn2c3=O)cc1. The summed E-state index contributed by atoms with van der Waals surface area (Å²) in [5.41, 5.74) is 5.68. The number of rotatable bonds is 2. The fourth-order valence-corrected chi connectivity index (χ4v) is 3.19. The van der Waals surface area contributed by atoms with E-state index in [9.17, 15) is 4.79 Å². The van der Waals surface area contributed by atoms with E-state index in [1.807, 2.05) is 49.5 Å². The molecule has 2 heterocycles. The first-order valence-corrected chi connectivity index (χ1v) is 8.02. The third kappa shape index (κ3) is 2.40. The maximum atomic E-state index is 12.7. The topological polar surface area (TPSA) is 43.6 Å². The van der Waals surface area contributed by atoms with E-state index in [0.717, 1.165) is 46.5 Å². The number of hydrogen-bond donors (Lipinski definition) is 0. The molecule has 120 valence electrons. The molecule has 0 bridgehead atoms. The highest BCUT2D eigenvalue weighted by Crippen LogP contribution is 2.31. The number of hydrogen-bond acceptors (Lipinski definition) is 3. The number of nitrogens with zero attached hydrogens (tertiary/aromatic N) is 2. The van der Waals surface area contributed by atoms with Gasteiger partial charge in [0.1, 0.15) is 11.4 Å². The van der Waals surface area contributed by atoms with Gasteiger partial charge in [-0.1, -0.05) is 18.2 Å². The van der Waals surface area contributed by atoms with Crippen molar-refractivity contribution >= 4 is 17.3 Å². The van der Waals surface area contributed by atoms with Gasteiger partial charge in [-0.05, 0) is 60.7 Å². The molecule has 0 unspecified atom stereocenters. The van der Waals surface area contributed by atoms with Gasteiger partial charge in [0.05, 0.1) is 12.8 Å². The largest absolute Gasteiger partial charge is 0.497 e. The van der Waals surface area contributed by atoms with E-state index in [0.29, 0.717) is 5.65 Å². The Morgan fingerprint density at radius 3 is 2.67 bits per heavy atom. The maximum absolute atomic E-state index is 12.7. The van der Waals surface area contributed by atoms with Crippen LogP contribution in [0.4, 0.5) is 0 Å². The van der Waals surface area contributed by atoms with Crippen LogP contribution >= 0.6 is 0 Å². The molecule has 0 atom stereocenters. The summed E-state index contributed by atoms with van der Waals surface area (Å²) < 4.78 is 6.85. The van der Waals surface area contributed by atoms with Gasteiger partial charge in [0.2, 0.25) is 0 Å². The van der Waals surface area contributed by atoms with Crippen LogP contribution in [0, 0.1) is 6.92 Å². The Morgan fingerprint density at radius 2 is 1.92 bits per heavy atom. The molecule has 0 N–H and O–H groups in total. The van der Waals surface area contributed by atoms with Gasteiger partial charge < -0.3 is 4.74 Å². The number of ether oxygens (including phenoxy) is 1. The van der Waals surface area contributed by atoms with Gasteiger partial charge in [-0.25, -0.2) is 4.98 Å². The number of fused-ring (bicyclic) bond motifs is 2. The van der Waals surface area contributed by atoms with Crippen molar-refractivity contribution in [3.8, 4) is 5.75 Å². The summed E-state index contributed by atoms with van der Waals surface area (Å²) in [5, 5.41) is 0. The zero-order valence-corrected chi connectivity index (χ0v) is 13.7. The van der Waals surface area contributed by atoms with Gasteiger partial charge in [0.15, 0.2) is 0 Å². The van der Waals surface area contributed by atoms with Gasteiger partial charge in [-0.3, -0.25) is 9.20 Å². The predicted octanol–water partition coefficient (Wildman–Crippen LogP) is 3.50. The number of benzene rings is 1. The van der Waals surface area contributed by atoms with E-state index in [1.54, 1.807) is 11.5 Å². The van der Waals surface area contributed by atoms with Crippen molar-refractivity contribution in [3.05, 3.63) is 75.3 Å². The average Bonchev–Trinajstić information content (AvgIpc) is 2.99. The first kappa shape index (κ1) is 14.7. The summed E-state index contributed by atoms with van der Waals surface area (Å²) in [6.07, 6.45) is 5.57. The Hall–Kier alpha value is -2.88. The fourth-order valence-electron chi connectivity index (χ4n) is 3.19. The molecule has 1 aliphatic rings. The molecule has 0 fully saturated rings. The van der Waals surface area contributed by atoms with Crippen molar-refractivity contribution in [1.82, 2.24) is 9.38 Å². The minimum Gasteiger partial charge on any atom is -0.497 e. The summed E-state index contributed by atoms with van der Waals surface area (Å²) >= 11 is 0. The van der Waals surface area contributed by atoms with Crippen molar-refractivity contribution in [3.63, 3.8) is 0 Å². The lowest BCUT2D eigenvalue weighted by Gasteiger charge is -2.06. The van der Waals surface area contributed by atoms with Crippen molar-refractivity contribution in [1.29, 1.82) is 0 Å². The number of aromatic nitrogens is 2. The lowest BCUT2D eigenvalue weighted by molar-refractivity contribution is 0.415. The smallest absolute Gasteiger partial charge is 0.261 e. The standard InChI is InChI=1S/C20H18N2O2/c1-13-3-10-18-21-19-15(6-9-17(19)20(23)22(18)12-13)11-14-4-7-16(24-2)8-5-14/h3-5,7-8,10-12H,6,9H2,1-2H3. The Kier molecular flexibility index (Phi) is 3.45. The normalized spacial score (nSPS) is 15.0. The Morgan fingerprint density at radius 1 is 1.12 bits per heavy atom. The molecular weight excluding hydrogens is 300 g/mol. The molecule has 2 aromatic heterocycles. The highest BCUT2D eigenvalue weighted by atomic mass is 16.5. The Balaban J connectivity index is 1.83. The van der Waals surface area contributed by atoms with Crippen LogP contribution in [0.25, 0.3) is 17.3 Å². The van der Waals surface area contributed by atoms with E-state index < -0.39 is 0 Å². The van der Waals surface area contributed by atoms with Crippen LogP contribution in [0.3, 0.4) is 0 Å². The van der Waals surface area contributed by atoms with Crippen LogP contribution in [0.1, 0.15) is 28.8 Å². The first-order valence-electron chi connectivity index (χ1n) is 8.02. The quantitative estimate of drug-likeness (QED) is 0.726. The number of methoxy groups -OCH3 is 1. The molecule has 0 saturated heterocycles. The van der Waals surface area contributed by atoms with E-state index in [1.165, 1.54) is 0 Å². The summed E-state index contributed by atoms with van der Waals surface area (Å²) in [4.78, 5) is 17.5. The Labute approximate surface area is 140 Å². The lowest BCUT2D eigenvalue weighted by Crippen LogP contribution is -2.19. The highest BCUT2D eigenvalue weighted by molar-refractivity contribution is 5.84. The molecule has 1 aromatic carbocycles. The molecule has 0 spiro atoms. The van der Waals surface area contributed by atoms with Crippen molar-refractivity contribution in [2.24, 2.45) is 0 Å². The fraction of sp³-hybridized carbons (Fsp3) is 0.200. The van der Waals surface area contributed by atoms with Crippen molar-refractivity contribution < 1.29 is 4.74 Å². The third-order valence-corrected chi connectivity index (χ3v) is 4.47. The first-order chi connectivity index (χ1) is 11.7. The van der Waals surface area contributed by atoms with Gasteiger partial charge in [0, 0.05) is 11.8 Å². The van der Waals surface area contributed by atoms with Crippen LogP contribution in [0.2, 0.25) is 0 Å². The number of pyridine rings is 1.